The summed E-state index contributed by atoms with van der Waals surface area (Å²) in [6, 6.07) is 8.79. The predicted molar refractivity (Wildman–Crippen MR) is 70.9 cm³/mol. The lowest BCUT2D eigenvalue weighted by Gasteiger charge is -2.19. The van der Waals surface area contributed by atoms with Crippen LogP contribution in [-0.4, -0.2) is 4.57 Å². The van der Waals surface area contributed by atoms with Crippen molar-refractivity contribution in [1.82, 2.24) is 4.57 Å². The van der Waals surface area contributed by atoms with E-state index in [0.29, 0.717) is 6.42 Å². The lowest BCUT2D eigenvalue weighted by atomic mass is 9.86. The normalized spacial score (nSPS) is 11.7. The van der Waals surface area contributed by atoms with Crippen LogP contribution in [0.15, 0.2) is 24.4 Å². The first-order valence-corrected chi connectivity index (χ1v) is 5.89. The van der Waals surface area contributed by atoms with Crippen LogP contribution in [0.4, 0.5) is 0 Å². The van der Waals surface area contributed by atoms with Crippen LogP contribution >= 0.6 is 0 Å². The molecular formula is C15H18N2. The van der Waals surface area contributed by atoms with E-state index in [-0.39, 0.29) is 5.41 Å². The van der Waals surface area contributed by atoms with E-state index in [2.05, 4.69) is 55.8 Å². The molecule has 0 aliphatic carbocycles. The van der Waals surface area contributed by atoms with Gasteiger partial charge in [-0.05, 0) is 28.7 Å². The largest absolute Gasteiger partial charge is 0.350 e. The van der Waals surface area contributed by atoms with E-state index >= 15 is 0 Å². The monoisotopic (exact) mass is 226 g/mol. The van der Waals surface area contributed by atoms with Crippen LogP contribution < -0.4 is 0 Å². The Balaban J connectivity index is 2.67. The van der Waals surface area contributed by atoms with Gasteiger partial charge >= 0.3 is 0 Å². The first-order chi connectivity index (χ1) is 7.93. The molecule has 0 bridgehead atoms. The molecule has 0 spiro atoms. The molecule has 0 saturated heterocycles. The van der Waals surface area contributed by atoms with Gasteiger partial charge in [0.25, 0.3) is 0 Å². The number of aromatic nitrogens is 1. The van der Waals surface area contributed by atoms with Gasteiger partial charge < -0.3 is 4.57 Å². The third-order valence-corrected chi connectivity index (χ3v) is 3.21. The smallest absolute Gasteiger partial charge is 0.0670 e. The maximum Gasteiger partial charge on any atom is 0.0670 e. The highest BCUT2D eigenvalue weighted by atomic mass is 14.9. The molecule has 1 aromatic carbocycles. The van der Waals surface area contributed by atoms with Crippen molar-refractivity contribution in [2.24, 2.45) is 7.05 Å². The molecule has 88 valence electrons. The van der Waals surface area contributed by atoms with Crippen molar-refractivity contribution in [1.29, 1.82) is 5.26 Å². The highest BCUT2D eigenvalue weighted by Gasteiger charge is 2.15. The van der Waals surface area contributed by atoms with Crippen molar-refractivity contribution in [2.75, 3.05) is 0 Å². The van der Waals surface area contributed by atoms with Crippen LogP contribution in [0, 0.1) is 11.3 Å². The summed E-state index contributed by atoms with van der Waals surface area (Å²) in [5, 5.41) is 10.1. The van der Waals surface area contributed by atoms with Crippen molar-refractivity contribution >= 4 is 10.9 Å². The Morgan fingerprint density at radius 1 is 1.29 bits per heavy atom. The lowest BCUT2D eigenvalue weighted by Crippen LogP contribution is -2.10. The Morgan fingerprint density at radius 2 is 2.00 bits per heavy atom. The Kier molecular flexibility index (Phi) is 2.71. The third kappa shape index (κ3) is 2.06. The fourth-order valence-corrected chi connectivity index (χ4v) is 2.17. The Hall–Kier alpha value is -1.75. The number of aryl methyl sites for hydroxylation is 1. The molecule has 0 unspecified atom stereocenters. The fourth-order valence-electron chi connectivity index (χ4n) is 2.17. The van der Waals surface area contributed by atoms with Gasteiger partial charge in [0.2, 0.25) is 0 Å². The van der Waals surface area contributed by atoms with Gasteiger partial charge in [-0.15, -0.1) is 0 Å². The molecule has 1 aromatic heterocycles. The van der Waals surface area contributed by atoms with Crippen LogP contribution in [-0.2, 0) is 18.9 Å². The zero-order valence-electron chi connectivity index (χ0n) is 10.9. The number of benzene rings is 1. The second-order valence-corrected chi connectivity index (χ2v) is 5.58. The van der Waals surface area contributed by atoms with E-state index in [1.165, 1.54) is 16.5 Å². The molecule has 2 aromatic rings. The summed E-state index contributed by atoms with van der Waals surface area (Å²) in [5.74, 6) is 0. The van der Waals surface area contributed by atoms with Crippen LogP contribution in [0.2, 0.25) is 0 Å². The maximum atomic E-state index is 8.86. The Labute approximate surface area is 102 Å². The van der Waals surface area contributed by atoms with Gasteiger partial charge in [0.1, 0.15) is 0 Å². The number of nitrogens with zero attached hydrogens (tertiary/aromatic N) is 2. The Bertz CT molecular complexity index is 592. The van der Waals surface area contributed by atoms with E-state index in [9.17, 15) is 0 Å². The van der Waals surface area contributed by atoms with Crippen molar-refractivity contribution < 1.29 is 0 Å². The Morgan fingerprint density at radius 3 is 2.59 bits per heavy atom. The topological polar surface area (TPSA) is 28.7 Å². The molecule has 0 aliphatic heterocycles. The molecule has 0 aliphatic rings. The van der Waals surface area contributed by atoms with Crippen LogP contribution in [0.3, 0.4) is 0 Å². The van der Waals surface area contributed by atoms with E-state index < -0.39 is 0 Å². The van der Waals surface area contributed by atoms with Crippen LogP contribution in [0.1, 0.15) is 31.9 Å². The van der Waals surface area contributed by atoms with Gasteiger partial charge in [0, 0.05) is 24.1 Å². The quantitative estimate of drug-likeness (QED) is 0.731. The number of rotatable bonds is 1. The van der Waals surface area contributed by atoms with E-state index in [0.717, 1.165) is 5.56 Å². The molecule has 0 atom stereocenters. The summed E-state index contributed by atoms with van der Waals surface area (Å²) in [7, 11) is 2.03. The maximum absolute atomic E-state index is 8.86. The standard InChI is InChI=1S/C15H18N2/c1-15(2,3)12-5-6-14-13(9-12)11(7-8-16)10-17(14)4/h5-6,9-10H,7H2,1-4H3. The van der Waals surface area contributed by atoms with Gasteiger partial charge in [-0.25, -0.2) is 0 Å². The fraction of sp³-hybridized carbons (Fsp3) is 0.400. The molecule has 2 rings (SSSR count). The van der Waals surface area contributed by atoms with Gasteiger partial charge in [-0.1, -0.05) is 26.8 Å². The highest BCUT2D eigenvalue weighted by molar-refractivity contribution is 5.85. The SMILES string of the molecule is Cn1cc(CC#N)c2cc(C(C)(C)C)ccc21. The van der Waals surface area contributed by atoms with Crippen molar-refractivity contribution in [3.05, 3.63) is 35.5 Å². The molecule has 17 heavy (non-hydrogen) atoms. The summed E-state index contributed by atoms with van der Waals surface area (Å²) < 4.78 is 2.09. The van der Waals surface area contributed by atoms with E-state index in [4.69, 9.17) is 5.26 Å². The molecule has 2 heteroatoms. The average Bonchev–Trinajstić information content (AvgIpc) is 2.55. The number of fused-ring (bicyclic) bond motifs is 1. The highest BCUT2D eigenvalue weighted by Crippen LogP contribution is 2.28. The second kappa shape index (κ2) is 3.92. The molecular weight excluding hydrogens is 208 g/mol. The molecule has 1 heterocycles. The summed E-state index contributed by atoms with van der Waals surface area (Å²) in [6.45, 7) is 6.63. The van der Waals surface area contributed by atoms with E-state index in [1.807, 2.05) is 7.05 Å². The summed E-state index contributed by atoms with van der Waals surface area (Å²) >= 11 is 0. The third-order valence-electron chi connectivity index (χ3n) is 3.21. The molecule has 0 radical (unpaired) electrons. The lowest BCUT2D eigenvalue weighted by molar-refractivity contribution is 0.591. The minimum atomic E-state index is 0.147. The van der Waals surface area contributed by atoms with Gasteiger partial charge in [-0.3, -0.25) is 0 Å². The van der Waals surface area contributed by atoms with Crippen LogP contribution in [0.5, 0.6) is 0 Å². The molecule has 0 saturated carbocycles. The number of nitriles is 1. The van der Waals surface area contributed by atoms with Crippen molar-refractivity contribution in [3.63, 3.8) is 0 Å². The first kappa shape index (κ1) is 11.7. The number of hydrogen-bond acceptors (Lipinski definition) is 1. The molecule has 2 nitrogen and oxygen atoms in total. The summed E-state index contributed by atoms with van der Waals surface area (Å²) in [5.41, 5.74) is 3.78. The molecule has 0 N–H and O–H groups in total. The van der Waals surface area contributed by atoms with Crippen molar-refractivity contribution in [2.45, 2.75) is 32.6 Å². The van der Waals surface area contributed by atoms with Gasteiger partial charge in [0.15, 0.2) is 0 Å². The second-order valence-electron chi connectivity index (χ2n) is 5.58. The average molecular weight is 226 g/mol. The van der Waals surface area contributed by atoms with Crippen molar-refractivity contribution in [3.8, 4) is 6.07 Å². The summed E-state index contributed by atoms with van der Waals surface area (Å²) in [6.07, 6.45) is 2.53. The van der Waals surface area contributed by atoms with Gasteiger partial charge in [-0.2, -0.15) is 5.26 Å². The van der Waals surface area contributed by atoms with E-state index in [1.54, 1.807) is 0 Å². The zero-order valence-corrected chi connectivity index (χ0v) is 10.9. The molecule has 0 amide bonds. The first-order valence-electron chi connectivity index (χ1n) is 5.89. The van der Waals surface area contributed by atoms with Crippen LogP contribution in [0.25, 0.3) is 10.9 Å². The summed E-state index contributed by atoms with van der Waals surface area (Å²) in [4.78, 5) is 0. The number of hydrogen-bond donors (Lipinski definition) is 0. The zero-order chi connectivity index (χ0) is 12.6. The predicted octanol–water partition coefficient (Wildman–Crippen LogP) is 3.54. The van der Waals surface area contributed by atoms with Gasteiger partial charge in [0.05, 0.1) is 12.5 Å². The molecule has 0 fully saturated rings. The minimum Gasteiger partial charge on any atom is -0.350 e. The minimum absolute atomic E-state index is 0.147.